The smallest absolute Gasteiger partial charge is 0.174 e. The number of hydrogen-bond acceptors (Lipinski definition) is 4. The number of hydrogen-bond donors (Lipinski definition) is 0. The number of para-hydroxylation sites is 1. The first-order chi connectivity index (χ1) is 8.31. The number of Topliss-reactive ketones (excluding diaryl/α,β-unsaturated/α-hetero) is 1. The topological polar surface area (TPSA) is 52.3 Å². The Kier molecular flexibility index (Phi) is 3.55. The van der Waals surface area contributed by atoms with E-state index in [0.29, 0.717) is 23.5 Å². The molecule has 2 rings (SSSR count). The van der Waals surface area contributed by atoms with Gasteiger partial charge in [-0.05, 0) is 12.1 Å². The third kappa shape index (κ3) is 2.72. The minimum absolute atomic E-state index is 0.0677. The predicted molar refractivity (Wildman–Crippen MR) is 61.9 cm³/mol. The van der Waals surface area contributed by atoms with E-state index in [2.05, 4.69) is 5.16 Å². The zero-order chi connectivity index (χ0) is 12.1. The summed E-state index contributed by atoms with van der Waals surface area (Å²) in [7, 11) is 0. The van der Waals surface area contributed by atoms with Gasteiger partial charge < -0.3 is 9.26 Å². The maximum atomic E-state index is 11.7. The van der Waals surface area contributed by atoms with Crippen molar-refractivity contribution in [3.63, 3.8) is 0 Å². The standard InChI is InChI=1S/C13H13NO3/c1-2-12(15)11-5-3-4-6-13(11)16-9-10-7-8-14-17-10/h3-8H,2,9H2,1H3. The molecule has 0 amide bonds. The summed E-state index contributed by atoms with van der Waals surface area (Å²) in [6.07, 6.45) is 2.02. The Hall–Kier alpha value is -2.10. The Morgan fingerprint density at radius 2 is 2.18 bits per heavy atom. The Balaban J connectivity index is 2.12. The molecular formula is C13H13NO3. The van der Waals surface area contributed by atoms with Crippen molar-refractivity contribution in [1.82, 2.24) is 5.16 Å². The van der Waals surface area contributed by atoms with E-state index in [9.17, 15) is 4.79 Å². The molecule has 0 spiro atoms. The molecule has 0 aliphatic heterocycles. The minimum atomic E-state index is 0.0677. The van der Waals surface area contributed by atoms with Gasteiger partial charge in [0.1, 0.15) is 12.4 Å². The number of aromatic nitrogens is 1. The fourth-order valence-corrected chi connectivity index (χ4v) is 1.48. The third-order valence-corrected chi connectivity index (χ3v) is 2.37. The lowest BCUT2D eigenvalue weighted by molar-refractivity contribution is 0.0983. The molecule has 0 bridgehead atoms. The fourth-order valence-electron chi connectivity index (χ4n) is 1.48. The van der Waals surface area contributed by atoms with Gasteiger partial charge in [-0.2, -0.15) is 0 Å². The van der Waals surface area contributed by atoms with Gasteiger partial charge in [0.2, 0.25) is 0 Å². The van der Waals surface area contributed by atoms with E-state index in [0.717, 1.165) is 0 Å². The van der Waals surface area contributed by atoms with Crippen molar-refractivity contribution in [2.45, 2.75) is 20.0 Å². The van der Waals surface area contributed by atoms with Gasteiger partial charge in [0.05, 0.1) is 11.8 Å². The van der Waals surface area contributed by atoms with Crippen LogP contribution in [0.15, 0.2) is 41.1 Å². The van der Waals surface area contributed by atoms with Crippen LogP contribution in [0.5, 0.6) is 5.75 Å². The van der Waals surface area contributed by atoms with Gasteiger partial charge in [-0.25, -0.2) is 0 Å². The lowest BCUT2D eigenvalue weighted by Crippen LogP contribution is -2.02. The average Bonchev–Trinajstić information content (AvgIpc) is 2.89. The molecule has 0 saturated carbocycles. The summed E-state index contributed by atoms with van der Waals surface area (Å²) in [4.78, 5) is 11.7. The van der Waals surface area contributed by atoms with Gasteiger partial charge in [0, 0.05) is 12.5 Å². The van der Waals surface area contributed by atoms with Gasteiger partial charge in [-0.3, -0.25) is 4.79 Å². The number of rotatable bonds is 5. The molecule has 2 aromatic rings. The lowest BCUT2D eigenvalue weighted by atomic mass is 10.1. The molecule has 0 unspecified atom stereocenters. The number of ether oxygens (including phenoxy) is 1. The number of nitrogens with zero attached hydrogens (tertiary/aromatic N) is 1. The molecule has 0 aliphatic rings. The molecular weight excluding hydrogens is 218 g/mol. The average molecular weight is 231 g/mol. The van der Waals surface area contributed by atoms with E-state index in [-0.39, 0.29) is 12.4 Å². The Morgan fingerprint density at radius 1 is 1.35 bits per heavy atom. The second-order valence-electron chi connectivity index (χ2n) is 3.54. The first-order valence-corrected chi connectivity index (χ1v) is 5.46. The van der Waals surface area contributed by atoms with Crippen molar-refractivity contribution in [2.75, 3.05) is 0 Å². The molecule has 0 fully saturated rings. The number of ketones is 1. The number of carbonyl (C=O) groups excluding carboxylic acids is 1. The summed E-state index contributed by atoms with van der Waals surface area (Å²) in [5.41, 5.74) is 0.606. The molecule has 17 heavy (non-hydrogen) atoms. The highest BCUT2D eigenvalue weighted by molar-refractivity contribution is 5.98. The summed E-state index contributed by atoms with van der Waals surface area (Å²) in [5, 5.41) is 3.59. The lowest BCUT2D eigenvalue weighted by Gasteiger charge is -2.08. The molecule has 0 saturated heterocycles. The molecule has 0 atom stereocenters. The zero-order valence-electron chi connectivity index (χ0n) is 9.55. The monoisotopic (exact) mass is 231 g/mol. The van der Waals surface area contributed by atoms with E-state index in [1.807, 2.05) is 19.1 Å². The van der Waals surface area contributed by atoms with Gasteiger partial charge in [-0.1, -0.05) is 24.2 Å². The van der Waals surface area contributed by atoms with Crippen LogP contribution in [0.4, 0.5) is 0 Å². The first kappa shape index (κ1) is 11.4. The molecule has 0 radical (unpaired) electrons. The highest BCUT2D eigenvalue weighted by atomic mass is 16.5. The molecule has 0 aliphatic carbocycles. The second kappa shape index (κ2) is 5.30. The van der Waals surface area contributed by atoms with Crippen LogP contribution < -0.4 is 4.74 Å². The van der Waals surface area contributed by atoms with Crippen LogP contribution in [0.25, 0.3) is 0 Å². The minimum Gasteiger partial charge on any atom is -0.485 e. The van der Waals surface area contributed by atoms with E-state index in [4.69, 9.17) is 9.26 Å². The van der Waals surface area contributed by atoms with Crippen LogP contribution in [-0.4, -0.2) is 10.9 Å². The maximum absolute atomic E-state index is 11.7. The highest BCUT2D eigenvalue weighted by Crippen LogP contribution is 2.20. The Labute approximate surface area is 99.2 Å². The van der Waals surface area contributed by atoms with E-state index in [1.165, 1.54) is 0 Å². The van der Waals surface area contributed by atoms with Crippen LogP contribution in [0.2, 0.25) is 0 Å². The van der Waals surface area contributed by atoms with E-state index in [1.54, 1.807) is 24.4 Å². The van der Waals surface area contributed by atoms with Crippen molar-refractivity contribution in [1.29, 1.82) is 0 Å². The molecule has 1 aromatic carbocycles. The third-order valence-electron chi connectivity index (χ3n) is 2.37. The van der Waals surface area contributed by atoms with E-state index < -0.39 is 0 Å². The van der Waals surface area contributed by atoms with Crippen LogP contribution in [0.1, 0.15) is 29.5 Å². The maximum Gasteiger partial charge on any atom is 0.174 e. The summed E-state index contributed by atoms with van der Waals surface area (Å²) in [6, 6.07) is 8.93. The van der Waals surface area contributed by atoms with Crippen molar-refractivity contribution < 1.29 is 14.1 Å². The van der Waals surface area contributed by atoms with Gasteiger partial charge in [0.15, 0.2) is 11.5 Å². The summed E-state index contributed by atoms with van der Waals surface area (Å²) >= 11 is 0. The van der Waals surface area contributed by atoms with Crippen LogP contribution in [0.3, 0.4) is 0 Å². The number of benzene rings is 1. The van der Waals surface area contributed by atoms with Crippen LogP contribution in [-0.2, 0) is 6.61 Å². The quantitative estimate of drug-likeness (QED) is 0.742. The highest BCUT2D eigenvalue weighted by Gasteiger charge is 2.10. The molecule has 1 aromatic heterocycles. The zero-order valence-corrected chi connectivity index (χ0v) is 9.55. The van der Waals surface area contributed by atoms with E-state index >= 15 is 0 Å². The SMILES string of the molecule is CCC(=O)c1ccccc1OCc1ccno1. The molecule has 1 heterocycles. The molecule has 4 nitrogen and oxygen atoms in total. The van der Waals surface area contributed by atoms with Crippen molar-refractivity contribution in [3.05, 3.63) is 47.9 Å². The predicted octanol–water partition coefficient (Wildman–Crippen LogP) is 2.85. The molecule has 88 valence electrons. The Bertz CT molecular complexity index is 491. The fraction of sp³-hybridized carbons (Fsp3) is 0.231. The molecule has 4 heteroatoms. The van der Waals surface area contributed by atoms with Crippen molar-refractivity contribution in [2.24, 2.45) is 0 Å². The normalized spacial score (nSPS) is 10.2. The van der Waals surface area contributed by atoms with Crippen molar-refractivity contribution in [3.8, 4) is 5.75 Å². The number of carbonyl (C=O) groups is 1. The van der Waals surface area contributed by atoms with Crippen LogP contribution >= 0.6 is 0 Å². The van der Waals surface area contributed by atoms with Crippen molar-refractivity contribution >= 4 is 5.78 Å². The van der Waals surface area contributed by atoms with Gasteiger partial charge in [0.25, 0.3) is 0 Å². The largest absolute Gasteiger partial charge is 0.485 e. The van der Waals surface area contributed by atoms with Gasteiger partial charge >= 0.3 is 0 Å². The first-order valence-electron chi connectivity index (χ1n) is 5.46. The van der Waals surface area contributed by atoms with Gasteiger partial charge in [-0.15, -0.1) is 0 Å². The summed E-state index contributed by atoms with van der Waals surface area (Å²) < 4.78 is 10.5. The summed E-state index contributed by atoms with van der Waals surface area (Å²) in [6.45, 7) is 2.10. The Morgan fingerprint density at radius 3 is 2.88 bits per heavy atom. The molecule has 0 N–H and O–H groups in total. The summed E-state index contributed by atoms with van der Waals surface area (Å²) in [5.74, 6) is 1.28. The second-order valence-corrected chi connectivity index (χ2v) is 3.54. The van der Waals surface area contributed by atoms with Crippen LogP contribution in [0, 0.1) is 0 Å².